The van der Waals surface area contributed by atoms with E-state index in [1.54, 1.807) is 6.07 Å². The predicted octanol–water partition coefficient (Wildman–Crippen LogP) is 1.84. The van der Waals surface area contributed by atoms with E-state index in [4.69, 9.17) is 16.3 Å². The lowest BCUT2D eigenvalue weighted by molar-refractivity contribution is 0.138. The number of hydrogen-bond acceptors (Lipinski definition) is 1. The van der Waals surface area contributed by atoms with Crippen molar-refractivity contribution in [3.8, 4) is 5.75 Å². The maximum absolute atomic E-state index is 12.7. The Hall–Kier alpha value is -0.800. The van der Waals surface area contributed by atoms with Crippen LogP contribution in [0.25, 0.3) is 0 Å². The van der Waals surface area contributed by atoms with Crippen molar-refractivity contribution < 1.29 is 9.13 Å². The smallest absolute Gasteiger partial charge is 0.142 e. The van der Waals surface area contributed by atoms with Crippen molar-refractivity contribution in [1.82, 2.24) is 5.32 Å². The fourth-order valence-electron chi connectivity index (χ4n) is 1.05. The Balaban J connectivity index is 2.07. The first-order valence-corrected chi connectivity index (χ1v) is 4.38. The van der Waals surface area contributed by atoms with E-state index in [-0.39, 0.29) is 11.1 Å². The molecule has 0 saturated carbocycles. The van der Waals surface area contributed by atoms with Gasteiger partial charge in [0.1, 0.15) is 17.7 Å². The van der Waals surface area contributed by atoms with Gasteiger partial charge in [-0.25, -0.2) is 9.71 Å². The van der Waals surface area contributed by atoms with Gasteiger partial charge in [-0.2, -0.15) is 0 Å². The number of benzene rings is 1. The lowest BCUT2D eigenvalue weighted by atomic mass is 10.2. The van der Waals surface area contributed by atoms with Gasteiger partial charge in [0, 0.05) is 6.07 Å². The average Bonchev–Trinajstić information content (AvgIpc) is 2.04. The van der Waals surface area contributed by atoms with Crippen molar-refractivity contribution in [3.05, 3.63) is 29.0 Å². The standard InChI is InChI=1S/C9H8ClFNO/c10-8-3-6(1-2-9(8)11)13-7-4-12-5-7/h1-3,7H,4-5H2. The normalized spacial score (nSPS) is 16.8. The first-order valence-electron chi connectivity index (χ1n) is 4.00. The molecular formula is C9H8ClFNO. The number of rotatable bonds is 2. The topological polar surface area (TPSA) is 23.3 Å². The van der Waals surface area contributed by atoms with Crippen molar-refractivity contribution in [2.75, 3.05) is 13.1 Å². The predicted molar refractivity (Wildman–Crippen MR) is 47.7 cm³/mol. The molecule has 69 valence electrons. The Kier molecular flexibility index (Phi) is 2.38. The number of nitrogens with zero attached hydrogens (tertiary/aromatic N) is 1. The summed E-state index contributed by atoms with van der Waals surface area (Å²) in [5.74, 6) is 0.179. The summed E-state index contributed by atoms with van der Waals surface area (Å²) < 4.78 is 18.2. The second-order valence-corrected chi connectivity index (χ2v) is 3.31. The minimum Gasteiger partial charge on any atom is -0.488 e. The molecule has 1 aromatic carbocycles. The quantitative estimate of drug-likeness (QED) is 0.715. The molecule has 2 rings (SSSR count). The molecule has 2 nitrogen and oxygen atoms in total. The molecule has 1 saturated heterocycles. The molecule has 0 aliphatic carbocycles. The number of ether oxygens (including phenoxy) is 1. The van der Waals surface area contributed by atoms with Crippen LogP contribution in [-0.4, -0.2) is 19.2 Å². The third-order valence-corrected chi connectivity index (χ3v) is 2.15. The zero-order valence-corrected chi connectivity index (χ0v) is 7.59. The highest BCUT2D eigenvalue weighted by Gasteiger charge is 2.19. The van der Waals surface area contributed by atoms with Crippen molar-refractivity contribution in [2.24, 2.45) is 0 Å². The Labute approximate surface area is 80.7 Å². The summed E-state index contributed by atoms with van der Waals surface area (Å²) in [5.41, 5.74) is 0. The molecule has 4 heteroatoms. The van der Waals surface area contributed by atoms with E-state index in [0.717, 1.165) is 13.1 Å². The second kappa shape index (κ2) is 3.52. The summed E-state index contributed by atoms with van der Waals surface area (Å²) in [4.78, 5) is 0. The largest absolute Gasteiger partial charge is 0.488 e. The Morgan fingerprint density at radius 2 is 2.23 bits per heavy atom. The van der Waals surface area contributed by atoms with Crippen LogP contribution < -0.4 is 10.1 Å². The van der Waals surface area contributed by atoms with E-state index in [1.165, 1.54) is 12.1 Å². The molecule has 0 atom stereocenters. The van der Waals surface area contributed by atoms with Gasteiger partial charge >= 0.3 is 0 Å². The second-order valence-electron chi connectivity index (χ2n) is 2.90. The van der Waals surface area contributed by atoms with Gasteiger partial charge in [0.2, 0.25) is 0 Å². The van der Waals surface area contributed by atoms with E-state index < -0.39 is 5.82 Å². The molecule has 1 aliphatic rings. The minimum atomic E-state index is -0.424. The maximum Gasteiger partial charge on any atom is 0.142 e. The molecule has 13 heavy (non-hydrogen) atoms. The zero-order valence-electron chi connectivity index (χ0n) is 6.84. The van der Waals surface area contributed by atoms with Crippen LogP contribution in [0.4, 0.5) is 4.39 Å². The molecule has 0 amide bonds. The van der Waals surface area contributed by atoms with Gasteiger partial charge in [-0.05, 0) is 12.1 Å². The Bertz CT molecular complexity index is 314. The van der Waals surface area contributed by atoms with Gasteiger partial charge in [0.05, 0.1) is 18.1 Å². The molecule has 0 unspecified atom stereocenters. The zero-order chi connectivity index (χ0) is 9.26. The maximum atomic E-state index is 12.7. The summed E-state index contributed by atoms with van der Waals surface area (Å²) in [6.07, 6.45) is 0.140. The van der Waals surface area contributed by atoms with Crippen LogP contribution in [0, 0.1) is 5.82 Å². The minimum absolute atomic E-state index is 0.0914. The van der Waals surface area contributed by atoms with E-state index in [0.29, 0.717) is 5.75 Å². The molecule has 1 aliphatic heterocycles. The van der Waals surface area contributed by atoms with E-state index in [1.807, 2.05) is 0 Å². The highest BCUT2D eigenvalue weighted by molar-refractivity contribution is 6.30. The van der Waals surface area contributed by atoms with Gasteiger partial charge in [-0.1, -0.05) is 11.6 Å². The van der Waals surface area contributed by atoms with Crippen molar-refractivity contribution >= 4 is 11.6 Å². The molecule has 0 spiro atoms. The molecular weight excluding hydrogens is 193 g/mol. The lowest BCUT2D eigenvalue weighted by Crippen LogP contribution is -2.45. The highest BCUT2D eigenvalue weighted by Crippen LogP contribution is 2.22. The molecule has 1 aromatic rings. The molecule has 0 bridgehead atoms. The summed E-state index contributed by atoms with van der Waals surface area (Å²) in [5, 5.41) is 4.09. The molecule has 1 heterocycles. The SMILES string of the molecule is Fc1ccc(OC2C[N]C2)cc1Cl. The van der Waals surface area contributed by atoms with Crippen LogP contribution in [0.15, 0.2) is 18.2 Å². The van der Waals surface area contributed by atoms with Gasteiger partial charge < -0.3 is 4.74 Å². The van der Waals surface area contributed by atoms with Gasteiger partial charge in [-0.15, -0.1) is 0 Å². The van der Waals surface area contributed by atoms with Crippen LogP contribution >= 0.6 is 11.6 Å². The van der Waals surface area contributed by atoms with Crippen LogP contribution in [0.5, 0.6) is 5.75 Å². The summed E-state index contributed by atoms with van der Waals surface area (Å²) in [6, 6.07) is 4.35. The first kappa shape index (κ1) is 8.78. The monoisotopic (exact) mass is 200 g/mol. The van der Waals surface area contributed by atoms with E-state index >= 15 is 0 Å². The highest BCUT2D eigenvalue weighted by atomic mass is 35.5. The van der Waals surface area contributed by atoms with Crippen LogP contribution in [0.3, 0.4) is 0 Å². The van der Waals surface area contributed by atoms with Gasteiger partial charge in [0.25, 0.3) is 0 Å². The molecule has 0 N–H and O–H groups in total. The molecule has 1 radical (unpaired) electrons. The van der Waals surface area contributed by atoms with E-state index in [9.17, 15) is 4.39 Å². The molecule has 0 aromatic heterocycles. The third-order valence-electron chi connectivity index (χ3n) is 1.86. The van der Waals surface area contributed by atoms with Crippen LogP contribution in [-0.2, 0) is 0 Å². The van der Waals surface area contributed by atoms with Crippen molar-refractivity contribution in [2.45, 2.75) is 6.10 Å². The Morgan fingerprint density at radius 1 is 1.46 bits per heavy atom. The lowest BCUT2D eigenvalue weighted by Gasteiger charge is -2.26. The van der Waals surface area contributed by atoms with Crippen molar-refractivity contribution in [3.63, 3.8) is 0 Å². The average molecular weight is 201 g/mol. The third kappa shape index (κ3) is 1.92. The van der Waals surface area contributed by atoms with Gasteiger partial charge in [-0.3, -0.25) is 0 Å². The summed E-state index contributed by atoms with van der Waals surface area (Å²) in [6.45, 7) is 1.43. The van der Waals surface area contributed by atoms with Crippen LogP contribution in [0.1, 0.15) is 0 Å². The van der Waals surface area contributed by atoms with Crippen molar-refractivity contribution in [1.29, 1.82) is 0 Å². The Morgan fingerprint density at radius 3 is 2.77 bits per heavy atom. The van der Waals surface area contributed by atoms with Crippen LogP contribution in [0.2, 0.25) is 5.02 Å². The number of hydrogen-bond donors (Lipinski definition) is 0. The fourth-order valence-corrected chi connectivity index (χ4v) is 1.22. The number of halogens is 2. The first-order chi connectivity index (χ1) is 6.25. The summed E-state index contributed by atoms with van der Waals surface area (Å²) in [7, 11) is 0. The summed E-state index contributed by atoms with van der Waals surface area (Å²) >= 11 is 5.58. The van der Waals surface area contributed by atoms with E-state index in [2.05, 4.69) is 5.32 Å². The van der Waals surface area contributed by atoms with Gasteiger partial charge in [0.15, 0.2) is 0 Å². The fraction of sp³-hybridized carbons (Fsp3) is 0.333. The molecule has 1 fully saturated rings.